The Bertz CT molecular complexity index is 1300. The van der Waals surface area contributed by atoms with Crippen LogP contribution in [-0.4, -0.2) is 16.4 Å². The van der Waals surface area contributed by atoms with E-state index in [4.69, 9.17) is 4.74 Å². The quantitative estimate of drug-likeness (QED) is 0.489. The van der Waals surface area contributed by atoms with E-state index in [1.807, 2.05) is 72.8 Å². The Morgan fingerprint density at radius 3 is 2.40 bits per heavy atom. The number of aliphatic imine (C=N–C) groups is 1. The summed E-state index contributed by atoms with van der Waals surface area (Å²) in [5.74, 6) is 0.739. The van der Waals surface area contributed by atoms with Gasteiger partial charge in [-0.1, -0.05) is 60.7 Å². The van der Waals surface area contributed by atoms with Crippen molar-refractivity contribution in [1.82, 2.24) is 10.2 Å². The van der Waals surface area contributed by atoms with E-state index >= 15 is 0 Å². The molecule has 0 radical (unpaired) electrons. The maximum atomic E-state index is 12.3. The third-order valence-electron chi connectivity index (χ3n) is 5.10. The summed E-state index contributed by atoms with van der Waals surface area (Å²) in [7, 11) is 0. The standard InChI is InChI=1S/C25H19N3O2/c29-25-22(14-19-15-26-23-9-5-4-8-21(19)23)24(27-28-25)16-30-20-12-10-18(11-13-20)17-6-2-1-3-7-17/h1-15H,16H2,(H2,27,28,29)/b19-14-. The van der Waals surface area contributed by atoms with Crippen LogP contribution in [0.3, 0.4) is 0 Å². The molecule has 3 aromatic carbocycles. The Hall–Kier alpha value is -4.12. The first-order valence-corrected chi connectivity index (χ1v) is 9.71. The van der Waals surface area contributed by atoms with Crippen LogP contribution < -0.4 is 10.3 Å². The summed E-state index contributed by atoms with van der Waals surface area (Å²) in [6.45, 7) is 0.251. The van der Waals surface area contributed by atoms with E-state index in [0.29, 0.717) is 11.3 Å². The number of benzene rings is 3. The highest BCUT2D eigenvalue weighted by Gasteiger charge is 2.15. The molecule has 0 saturated carbocycles. The molecule has 0 atom stereocenters. The van der Waals surface area contributed by atoms with Gasteiger partial charge in [0.1, 0.15) is 12.4 Å². The van der Waals surface area contributed by atoms with E-state index < -0.39 is 0 Å². The fourth-order valence-corrected chi connectivity index (χ4v) is 3.51. The fourth-order valence-electron chi connectivity index (χ4n) is 3.51. The second kappa shape index (κ2) is 7.72. The van der Waals surface area contributed by atoms with Gasteiger partial charge in [0.15, 0.2) is 0 Å². The molecule has 0 fully saturated rings. The van der Waals surface area contributed by atoms with Gasteiger partial charge in [-0.3, -0.25) is 20.0 Å². The molecule has 1 aliphatic rings. The highest BCUT2D eigenvalue weighted by Crippen LogP contribution is 2.32. The van der Waals surface area contributed by atoms with Crippen molar-refractivity contribution < 1.29 is 4.74 Å². The second-order valence-corrected chi connectivity index (χ2v) is 7.03. The van der Waals surface area contributed by atoms with Crippen LogP contribution in [0.4, 0.5) is 5.69 Å². The van der Waals surface area contributed by atoms with Gasteiger partial charge in [-0.25, -0.2) is 0 Å². The molecule has 0 saturated heterocycles. The SMILES string of the molecule is O=c1[nH][nH]c(COc2ccc(-c3ccccc3)cc2)c1/C=C1/C=Nc2ccccc21. The number of hydrogen-bond donors (Lipinski definition) is 2. The van der Waals surface area contributed by atoms with Gasteiger partial charge in [0.2, 0.25) is 0 Å². The number of nitrogens with zero attached hydrogens (tertiary/aromatic N) is 1. The summed E-state index contributed by atoms with van der Waals surface area (Å²) in [6.07, 6.45) is 3.63. The van der Waals surface area contributed by atoms with Crippen LogP contribution in [0, 0.1) is 0 Å². The highest BCUT2D eigenvalue weighted by molar-refractivity contribution is 6.21. The maximum Gasteiger partial charge on any atom is 0.271 e. The molecule has 0 spiro atoms. The third kappa shape index (κ3) is 3.49. The Kier molecular flexibility index (Phi) is 4.62. The first-order chi connectivity index (χ1) is 14.8. The van der Waals surface area contributed by atoms with E-state index in [1.54, 1.807) is 6.21 Å². The Morgan fingerprint density at radius 1 is 0.833 bits per heavy atom. The molecule has 146 valence electrons. The van der Waals surface area contributed by atoms with E-state index in [9.17, 15) is 4.79 Å². The zero-order valence-corrected chi connectivity index (χ0v) is 16.1. The van der Waals surface area contributed by atoms with Crippen molar-refractivity contribution in [2.24, 2.45) is 4.99 Å². The van der Waals surface area contributed by atoms with Gasteiger partial charge in [-0.15, -0.1) is 0 Å². The zero-order chi connectivity index (χ0) is 20.3. The van der Waals surface area contributed by atoms with Gasteiger partial charge in [0.05, 0.1) is 16.9 Å². The predicted octanol–water partition coefficient (Wildman–Crippen LogP) is 5.21. The Labute approximate surface area is 173 Å². The average Bonchev–Trinajstić information content (AvgIpc) is 3.37. The lowest BCUT2D eigenvalue weighted by Crippen LogP contribution is -2.04. The molecule has 5 nitrogen and oxygen atoms in total. The summed E-state index contributed by atoms with van der Waals surface area (Å²) in [4.78, 5) is 16.7. The molecule has 4 aromatic rings. The van der Waals surface area contributed by atoms with Gasteiger partial charge < -0.3 is 4.74 Å². The van der Waals surface area contributed by atoms with Crippen LogP contribution in [0.1, 0.15) is 16.8 Å². The minimum atomic E-state index is -0.182. The van der Waals surface area contributed by atoms with Crippen LogP contribution in [-0.2, 0) is 6.61 Å². The number of H-pyrrole nitrogens is 2. The number of fused-ring (bicyclic) bond motifs is 1. The van der Waals surface area contributed by atoms with Crippen LogP contribution in [0.15, 0.2) is 88.6 Å². The monoisotopic (exact) mass is 393 g/mol. The average molecular weight is 393 g/mol. The fraction of sp³-hybridized carbons (Fsp3) is 0.0400. The van der Waals surface area contributed by atoms with Crippen LogP contribution in [0.25, 0.3) is 22.8 Å². The number of aromatic amines is 2. The first-order valence-electron chi connectivity index (χ1n) is 9.71. The lowest BCUT2D eigenvalue weighted by molar-refractivity contribution is 0.301. The van der Waals surface area contributed by atoms with E-state index in [1.165, 1.54) is 0 Å². The number of ether oxygens (including phenoxy) is 1. The van der Waals surface area contributed by atoms with Crippen LogP contribution >= 0.6 is 0 Å². The zero-order valence-electron chi connectivity index (χ0n) is 16.1. The minimum absolute atomic E-state index is 0.182. The number of allylic oxidation sites excluding steroid dienone is 1. The molecule has 30 heavy (non-hydrogen) atoms. The van der Waals surface area contributed by atoms with Gasteiger partial charge in [-0.2, -0.15) is 0 Å². The van der Waals surface area contributed by atoms with Crippen molar-refractivity contribution >= 4 is 23.6 Å². The third-order valence-corrected chi connectivity index (χ3v) is 5.10. The first kappa shape index (κ1) is 17.9. The van der Waals surface area contributed by atoms with Gasteiger partial charge in [0.25, 0.3) is 5.56 Å². The van der Waals surface area contributed by atoms with E-state index in [0.717, 1.165) is 33.7 Å². The molecule has 0 amide bonds. The summed E-state index contributed by atoms with van der Waals surface area (Å²) in [5.41, 5.74) is 6.18. The molecule has 0 unspecified atom stereocenters. The molecule has 0 aliphatic carbocycles. The molecule has 2 N–H and O–H groups in total. The Morgan fingerprint density at radius 2 is 1.57 bits per heavy atom. The second-order valence-electron chi connectivity index (χ2n) is 7.03. The summed E-state index contributed by atoms with van der Waals surface area (Å²) in [5, 5.41) is 5.58. The number of nitrogens with one attached hydrogen (secondary N) is 2. The molecule has 1 aromatic heterocycles. The molecule has 2 heterocycles. The normalized spacial score (nSPS) is 13.5. The number of para-hydroxylation sites is 1. The number of rotatable bonds is 5. The van der Waals surface area contributed by atoms with Gasteiger partial charge in [0, 0.05) is 17.4 Å². The molecule has 1 aliphatic heterocycles. The molecular weight excluding hydrogens is 374 g/mol. The van der Waals surface area contributed by atoms with E-state index in [2.05, 4.69) is 27.3 Å². The van der Waals surface area contributed by atoms with Gasteiger partial charge >= 0.3 is 0 Å². The number of hydrogen-bond acceptors (Lipinski definition) is 3. The van der Waals surface area contributed by atoms with Crippen molar-refractivity contribution in [2.75, 3.05) is 0 Å². The smallest absolute Gasteiger partial charge is 0.271 e. The molecule has 5 rings (SSSR count). The lowest BCUT2D eigenvalue weighted by Gasteiger charge is -2.07. The molecule has 5 heteroatoms. The highest BCUT2D eigenvalue weighted by atomic mass is 16.5. The van der Waals surface area contributed by atoms with Crippen molar-refractivity contribution in [3.05, 3.63) is 106 Å². The molecule has 0 bridgehead atoms. The minimum Gasteiger partial charge on any atom is -0.487 e. The maximum absolute atomic E-state index is 12.3. The topological polar surface area (TPSA) is 70.2 Å². The number of aromatic nitrogens is 2. The van der Waals surface area contributed by atoms with Crippen molar-refractivity contribution in [3.63, 3.8) is 0 Å². The summed E-state index contributed by atoms with van der Waals surface area (Å²) < 4.78 is 5.92. The van der Waals surface area contributed by atoms with E-state index in [-0.39, 0.29) is 12.2 Å². The lowest BCUT2D eigenvalue weighted by atomic mass is 10.0. The van der Waals surface area contributed by atoms with Crippen LogP contribution in [0.5, 0.6) is 5.75 Å². The van der Waals surface area contributed by atoms with Crippen molar-refractivity contribution in [3.8, 4) is 16.9 Å². The summed E-state index contributed by atoms with van der Waals surface area (Å²) in [6, 6.07) is 26.0. The van der Waals surface area contributed by atoms with Crippen molar-refractivity contribution in [2.45, 2.75) is 6.61 Å². The molecular formula is C25H19N3O2. The van der Waals surface area contributed by atoms with Gasteiger partial charge in [-0.05, 0) is 35.4 Å². The summed E-state index contributed by atoms with van der Waals surface area (Å²) >= 11 is 0. The Balaban J connectivity index is 1.34. The van der Waals surface area contributed by atoms with Crippen LogP contribution in [0.2, 0.25) is 0 Å². The largest absolute Gasteiger partial charge is 0.487 e. The predicted molar refractivity (Wildman–Crippen MR) is 120 cm³/mol. The van der Waals surface area contributed by atoms with Crippen molar-refractivity contribution in [1.29, 1.82) is 0 Å².